The summed E-state index contributed by atoms with van der Waals surface area (Å²) < 4.78 is 0. The van der Waals surface area contributed by atoms with Gasteiger partial charge in [-0.3, -0.25) is 15.0 Å². The summed E-state index contributed by atoms with van der Waals surface area (Å²) in [6, 6.07) is 6.13. The SMILES string of the molecule is NC1CC2CCC(C1)N2Cc1ccc([N+](=O)[O-])cc1Cl. The minimum atomic E-state index is -0.417. The Kier molecular flexibility index (Phi) is 3.67. The first-order valence-electron chi connectivity index (χ1n) is 6.98. The lowest BCUT2D eigenvalue weighted by Gasteiger charge is -2.37. The molecule has 2 saturated heterocycles. The predicted molar refractivity (Wildman–Crippen MR) is 77.7 cm³/mol. The second-order valence-corrected chi connectivity index (χ2v) is 6.23. The highest BCUT2D eigenvalue weighted by molar-refractivity contribution is 6.31. The lowest BCUT2D eigenvalue weighted by molar-refractivity contribution is -0.384. The smallest absolute Gasteiger partial charge is 0.270 e. The van der Waals surface area contributed by atoms with E-state index in [2.05, 4.69) is 4.90 Å². The van der Waals surface area contributed by atoms with Crippen molar-refractivity contribution in [3.63, 3.8) is 0 Å². The van der Waals surface area contributed by atoms with Gasteiger partial charge in [-0.25, -0.2) is 0 Å². The molecule has 2 bridgehead atoms. The van der Waals surface area contributed by atoms with E-state index in [1.165, 1.54) is 25.0 Å². The molecule has 2 N–H and O–H groups in total. The van der Waals surface area contributed by atoms with Gasteiger partial charge in [-0.15, -0.1) is 0 Å². The number of non-ortho nitro benzene ring substituents is 1. The molecule has 2 aliphatic heterocycles. The van der Waals surface area contributed by atoms with Gasteiger partial charge in [-0.05, 0) is 37.3 Å². The fourth-order valence-electron chi connectivity index (χ4n) is 3.55. The minimum absolute atomic E-state index is 0.0439. The average Bonchev–Trinajstić information content (AvgIpc) is 2.63. The topological polar surface area (TPSA) is 72.4 Å². The molecule has 6 heteroatoms. The summed E-state index contributed by atoms with van der Waals surface area (Å²) in [5, 5.41) is 11.2. The third-order valence-corrected chi connectivity index (χ3v) is 4.87. The van der Waals surface area contributed by atoms with E-state index >= 15 is 0 Å². The number of benzene rings is 1. The van der Waals surface area contributed by atoms with E-state index in [1.54, 1.807) is 6.07 Å². The Morgan fingerprint density at radius 1 is 1.35 bits per heavy atom. The molecular formula is C14H18ClN3O2. The molecular weight excluding hydrogens is 278 g/mol. The molecule has 1 aromatic rings. The quantitative estimate of drug-likeness (QED) is 0.687. The third-order valence-electron chi connectivity index (χ3n) is 4.52. The van der Waals surface area contributed by atoms with Gasteiger partial charge in [0, 0.05) is 36.8 Å². The minimum Gasteiger partial charge on any atom is -0.328 e. The second kappa shape index (κ2) is 5.31. The van der Waals surface area contributed by atoms with Gasteiger partial charge >= 0.3 is 0 Å². The monoisotopic (exact) mass is 295 g/mol. The van der Waals surface area contributed by atoms with Crippen LogP contribution in [0.3, 0.4) is 0 Å². The van der Waals surface area contributed by atoms with Gasteiger partial charge in [0.1, 0.15) is 0 Å². The lowest BCUT2D eigenvalue weighted by atomic mass is 9.97. The summed E-state index contributed by atoms with van der Waals surface area (Å²) in [4.78, 5) is 12.8. The van der Waals surface area contributed by atoms with Gasteiger partial charge < -0.3 is 5.73 Å². The van der Waals surface area contributed by atoms with E-state index < -0.39 is 4.92 Å². The highest BCUT2D eigenvalue weighted by Crippen LogP contribution is 2.37. The highest BCUT2D eigenvalue weighted by atomic mass is 35.5. The number of hydrogen-bond acceptors (Lipinski definition) is 4. The maximum absolute atomic E-state index is 10.7. The van der Waals surface area contributed by atoms with Crippen molar-refractivity contribution in [3.8, 4) is 0 Å². The van der Waals surface area contributed by atoms with Crippen molar-refractivity contribution < 1.29 is 4.92 Å². The van der Waals surface area contributed by atoms with Crippen LogP contribution in [0.4, 0.5) is 5.69 Å². The maximum Gasteiger partial charge on any atom is 0.270 e. The summed E-state index contributed by atoms with van der Waals surface area (Å²) >= 11 is 6.18. The van der Waals surface area contributed by atoms with E-state index in [1.807, 2.05) is 0 Å². The first-order valence-corrected chi connectivity index (χ1v) is 7.36. The molecule has 3 rings (SSSR count). The summed E-state index contributed by atoms with van der Waals surface area (Å²) in [5.41, 5.74) is 7.07. The van der Waals surface area contributed by atoms with Crippen molar-refractivity contribution in [1.82, 2.24) is 4.90 Å². The molecule has 108 valence electrons. The standard InChI is InChI=1S/C14H18ClN3O2/c15-14-7-13(18(19)20)2-1-9(14)8-17-11-3-4-12(17)6-10(16)5-11/h1-2,7,10-12H,3-6,8,16H2. The van der Waals surface area contributed by atoms with Crippen LogP contribution in [0, 0.1) is 10.1 Å². The van der Waals surface area contributed by atoms with Gasteiger partial charge in [0.25, 0.3) is 5.69 Å². The molecule has 20 heavy (non-hydrogen) atoms. The van der Waals surface area contributed by atoms with Crippen LogP contribution in [-0.4, -0.2) is 27.9 Å². The molecule has 0 saturated carbocycles. The number of rotatable bonds is 3. The molecule has 2 unspecified atom stereocenters. The number of hydrogen-bond donors (Lipinski definition) is 1. The summed E-state index contributed by atoms with van der Waals surface area (Å²) in [5.74, 6) is 0. The number of piperidine rings is 1. The Bertz CT molecular complexity index is 523. The molecule has 0 aromatic heterocycles. The number of nitro benzene ring substituents is 1. The third kappa shape index (κ3) is 2.53. The summed E-state index contributed by atoms with van der Waals surface area (Å²) in [7, 11) is 0. The zero-order valence-electron chi connectivity index (χ0n) is 11.2. The van der Waals surface area contributed by atoms with Crippen molar-refractivity contribution in [1.29, 1.82) is 0 Å². The van der Waals surface area contributed by atoms with Crippen molar-refractivity contribution in [2.75, 3.05) is 0 Å². The number of nitro groups is 1. The van der Waals surface area contributed by atoms with Crippen LogP contribution in [0.1, 0.15) is 31.2 Å². The highest BCUT2D eigenvalue weighted by Gasteiger charge is 2.39. The lowest BCUT2D eigenvalue weighted by Crippen LogP contribution is -2.46. The summed E-state index contributed by atoms with van der Waals surface area (Å²) in [6.45, 7) is 0.763. The van der Waals surface area contributed by atoms with Gasteiger partial charge in [0.2, 0.25) is 0 Å². The van der Waals surface area contributed by atoms with Crippen LogP contribution in [0.2, 0.25) is 5.02 Å². The number of nitrogens with zero attached hydrogens (tertiary/aromatic N) is 2. The van der Waals surface area contributed by atoms with Gasteiger partial charge in [-0.2, -0.15) is 0 Å². The Morgan fingerprint density at radius 2 is 2.00 bits per heavy atom. The molecule has 2 fully saturated rings. The van der Waals surface area contributed by atoms with Gasteiger partial charge in [-0.1, -0.05) is 11.6 Å². The van der Waals surface area contributed by atoms with Crippen molar-refractivity contribution in [2.45, 2.75) is 50.4 Å². The molecule has 2 atom stereocenters. The van der Waals surface area contributed by atoms with Crippen LogP contribution >= 0.6 is 11.6 Å². The van der Waals surface area contributed by atoms with Gasteiger partial charge in [0.15, 0.2) is 0 Å². The van der Waals surface area contributed by atoms with Crippen LogP contribution in [-0.2, 0) is 6.54 Å². The van der Waals surface area contributed by atoms with E-state index in [-0.39, 0.29) is 5.69 Å². The molecule has 0 radical (unpaired) electrons. The number of fused-ring (bicyclic) bond motifs is 2. The number of halogens is 1. The Labute approximate surface area is 122 Å². The first kappa shape index (κ1) is 13.8. The summed E-state index contributed by atoms with van der Waals surface area (Å²) in [6.07, 6.45) is 4.48. The molecule has 2 aliphatic rings. The molecule has 2 heterocycles. The first-order chi connectivity index (χ1) is 9.54. The predicted octanol–water partition coefficient (Wildman–Crippen LogP) is 2.70. The van der Waals surface area contributed by atoms with Crippen LogP contribution in [0.5, 0.6) is 0 Å². The second-order valence-electron chi connectivity index (χ2n) is 5.82. The average molecular weight is 296 g/mol. The molecule has 0 spiro atoms. The van der Waals surface area contributed by atoms with Crippen molar-refractivity contribution >= 4 is 17.3 Å². The molecule has 0 aliphatic carbocycles. The zero-order valence-corrected chi connectivity index (χ0v) is 11.9. The van der Waals surface area contributed by atoms with E-state index in [9.17, 15) is 10.1 Å². The molecule has 1 aromatic carbocycles. The van der Waals surface area contributed by atoms with Gasteiger partial charge in [0.05, 0.1) is 9.95 Å². The van der Waals surface area contributed by atoms with Crippen molar-refractivity contribution in [3.05, 3.63) is 38.9 Å². The largest absolute Gasteiger partial charge is 0.328 e. The Hall–Kier alpha value is -1.17. The van der Waals surface area contributed by atoms with E-state index in [0.717, 1.165) is 24.9 Å². The normalized spacial score (nSPS) is 29.6. The molecule has 5 nitrogen and oxygen atoms in total. The zero-order chi connectivity index (χ0) is 14.3. The fourth-order valence-corrected chi connectivity index (χ4v) is 3.78. The molecule has 0 amide bonds. The van der Waals surface area contributed by atoms with Crippen LogP contribution in [0.15, 0.2) is 18.2 Å². The maximum atomic E-state index is 10.7. The van der Waals surface area contributed by atoms with E-state index in [4.69, 9.17) is 17.3 Å². The Balaban J connectivity index is 1.77. The van der Waals surface area contributed by atoms with E-state index in [0.29, 0.717) is 23.1 Å². The Morgan fingerprint density at radius 3 is 2.55 bits per heavy atom. The van der Waals surface area contributed by atoms with Crippen LogP contribution < -0.4 is 5.73 Å². The van der Waals surface area contributed by atoms with Crippen molar-refractivity contribution in [2.24, 2.45) is 5.73 Å². The number of nitrogens with two attached hydrogens (primary N) is 1. The fraction of sp³-hybridized carbons (Fsp3) is 0.571. The van der Waals surface area contributed by atoms with Crippen LogP contribution in [0.25, 0.3) is 0 Å².